The molecule has 8 heavy (non-hydrogen) atoms. The molecule has 0 aliphatic carbocycles. The van der Waals surface area contributed by atoms with E-state index in [4.69, 9.17) is 5.53 Å². The van der Waals surface area contributed by atoms with Gasteiger partial charge in [0.05, 0.1) is 0 Å². The van der Waals surface area contributed by atoms with Crippen LogP contribution < -0.4 is 0 Å². The van der Waals surface area contributed by atoms with Crippen molar-refractivity contribution in [3.63, 3.8) is 0 Å². The average Bonchev–Trinajstić information content (AvgIpc) is 1.84. The highest BCUT2D eigenvalue weighted by atomic mass is 15.5. The Bertz CT molecular complexity index is 106. The summed E-state index contributed by atoms with van der Waals surface area (Å²) >= 11 is 0. The van der Waals surface area contributed by atoms with Crippen LogP contribution in [0.5, 0.6) is 0 Å². The maximum Gasteiger partial charge on any atom is 0.0316 e. The first-order valence-electron chi connectivity index (χ1n) is 2.46. The molecule has 0 bridgehead atoms. The van der Waals surface area contributed by atoms with E-state index in [0.29, 0.717) is 0 Å². The van der Waals surface area contributed by atoms with Crippen LogP contribution in [0, 0.1) is 5.53 Å². The molecule has 0 aromatic carbocycles. The molecule has 0 aliphatic rings. The van der Waals surface area contributed by atoms with E-state index in [-0.39, 0.29) is 0 Å². The first-order valence-corrected chi connectivity index (χ1v) is 2.46. The number of rotatable bonds is 2. The van der Waals surface area contributed by atoms with Crippen LogP contribution in [0.1, 0.15) is 13.8 Å². The summed E-state index contributed by atoms with van der Waals surface area (Å²) in [5, 5.41) is 4.67. The number of nitrogens with zero attached hydrogens (tertiary/aromatic N) is 2. The van der Waals surface area contributed by atoms with Crippen molar-refractivity contribution in [3.05, 3.63) is 11.8 Å². The Balaban J connectivity index is 3.81. The fraction of sp³-hybridized carbons (Fsp3) is 0.600. The molecule has 0 unspecified atom stereocenters. The van der Waals surface area contributed by atoms with E-state index in [0.717, 1.165) is 5.70 Å². The summed E-state index contributed by atoms with van der Waals surface area (Å²) in [6.07, 6.45) is 1.90. The van der Waals surface area contributed by atoms with Crippen molar-refractivity contribution in [2.45, 2.75) is 13.8 Å². The lowest BCUT2D eigenvalue weighted by Crippen LogP contribution is -2.05. The van der Waals surface area contributed by atoms with E-state index in [1.165, 1.54) is 5.01 Å². The van der Waals surface area contributed by atoms with Crippen LogP contribution in [-0.4, -0.2) is 12.1 Å². The first kappa shape index (κ1) is 7.14. The number of nitrogens with one attached hydrogen (secondary N) is 1. The minimum Gasteiger partial charge on any atom is -0.255 e. The molecule has 0 aromatic heterocycles. The second kappa shape index (κ2) is 3.18. The highest BCUT2D eigenvalue weighted by Gasteiger charge is 1.89. The van der Waals surface area contributed by atoms with E-state index >= 15 is 0 Å². The van der Waals surface area contributed by atoms with Crippen molar-refractivity contribution in [1.82, 2.24) is 5.01 Å². The lowest BCUT2D eigenvalue weighted by Gasteiger charge is -2.08. The predicted octanol–water partition coefficient (Wildman–Crippen LogP) is 1.79. The first-order chi connectivity index (χ1) is 3.72. The van der Waals surface area contributed by atoms with E-state index in [1.807, 2.05) is 19.9 Å². The zero-order valence-corrected chi connectivity index (χ0v) is 5.47. The molecule has 0 aliphatic heterocycles. The smallest absolute Gasteiger partial charge is 0.0316 e. The molecule has 0 saturated heterocycles. The minimum absolute atomic E-state index is 0.986. The molecular formula is C5H11N3. The monoisotopic (exact) mass is 113 g/mol. The molecule has 3 heteroatoms. The molecule has 0 spiro atoms. The topological polar surface area (TPSA) is 39.5 Å². The zero-order chi connectivity index (χ0) is 6.57. The minimum atomic E-state index is 0.986. The van der Waals surface area contributed by atoms with Crippen LogP contribution in [0.25, 0.3) is 0 Å². The summed E-state index contributed by atoms with van der Waals surface area (Å²) in [4.78, 5) is 0. The summed E-state index contributed by atoms with van der Waals surface area (Å²) in [6.45, 7) is 3.81. The Morgan fingerprint density at radius 3 is 2.38 bits per heavy atom. The molecule has 0 atom stereocenters. The fourth-order valence-corrected chi connectivity index (χ4v) is 0.266. The highest BCUT2D eigenvalue weighted by Crippen LogP contribution is 1.97. The van der Waals surface area contributed by atoms with Gasteiger partial charge in [-0.1, -0.05) is 11.3 Å². The average molecular weight is 113 g/mol. The van der Waals surface area contributed by atoms with Crippen LogP contribution in [0.3, 0.4) is 0 Å². The molecule has 0 aromatic rings. The molecule has 0 rings (SSSR count). The maximum absolute atomic E-state index is 6.55. The Morgan fingerprint density at radius 2 is 2.25 bits per heavy atom. The van der Waals surface area contributed by atoms with Gasteiger partial charge in [0, 0.05) is 12.7 Å². The van der Waals surface area contributed by atoms with Crippen LogP contribution >= 0.6 is 0 Å². The molecule has 0 fully saturated rings. The molecule has 0 saturated carbocycles. The predicted molar refractivity (Wildman–Crippen MR) is 32.3 cm³/mol. The SMILES string of the molecule is C/C=C(/C)N(C)N=N. The zero-order valence-electron chi connectivity index (χ0n) is 5.47. The third kappa shape index (κ3) is 1.73. The van der Waals surface area contributed by atoms with Crippen molar-refractivity contribution in [2.75, 3.05) is 7.05 Å². The van der Waals surface area contributed by atoms with Gasteiger partial charge < -0.3 is 0 Å². The normalized spacial score (nSPS) is 11.1. The number of hydrogen-bond donors (Lipinski definition) is 1. The maximum atomic E-state index is 6.55. The molecule has 0 amide bonds. The van der Waals surface area contributed by atoms with Crippen molar-refractivity contribution >= 4 is 0 Å². The van der Waals surface area contributed by atoms with E-state index in [1.54, 1.807) is 7.05 Å². The summed E-state index contributed by atoms with van der Waals surface area (Å²) < 4.78 is 0. The number of allylic oxidation sites excluding steroid dienone is 2. The Labute approximate surface area is 49.5 Å². The van der Waals surface area contributed by atoms with Crippen molar-refractivity contribution in [3.8, 4) is 0 Å². The van der Waals surface area contributed by atoms with Crippen LogP contribution in [0.2, 0.25) is 0 Å². The van der Waals surface area contributed by atoms with Gasteiger partial charge in [-0.15, -0.1) is 0 Å². The van der Waals surface area contributed by atoms with Crippen molar-refractivity contribution in [2.24, 2.45) is 5.22 Å². The number of hydrogen-bond acceptors (Lipinski definition) is 2. The van der Waals surface area contributed by atoms with Gasteiger partial charge in [0.25, 0.3) is 0 Å². The lowest BCUT2D eigenvalue weighted by atomic mass is 10.4. The standard InChI is InChI=1S/C5H11N3/c1-4-5(2)8(3)7-6/h4,6H,1-3H3/b5-4-,7-6?. The quantitative estimate of drug-likeness (QED) is 0.430. The Hall–Kier alpha value is -0.860. The molecule has 1 N–H and O–H groups in total. The molecule has 0 radical (unpaired) electrons. The van der Waals surface area contributed by atoms with E-state index in [9.17, 15) is 0 Å². The van der Waals surface area contributed by atoms with Crippen molar-refractivity contribution < 1.29 is 0 Å². The largest absolute Gasteiger partial charge is 0.255 e. The third-order valence-corrected chi connectivity index (χ3v) is 1.08. The second-order valence-corrected chi connectivity index (χ2v) is 1.55. The highest BCUT2D eigenvalue weighted by molar-refractivity contribution is 4.91. The van der Waals surface area contributed by atoms with Crippen LogP contribution in [0.4, 0.5) is 0 Å². The molecule has 3 nitrogen and oxygen atoms in total. The summed E-state index contributed by atoms with van der Waals surface area (Å²) in [5.74, 6) is 0. The van der Waals surface area contributed by atoms with Gasteiger partial charge in [0.2, 0.25) is 0 Å². The van der Waals surface area contributed by atoms with Gasteiger partial charge >= 0.3 is 0 Å². The molecule has 46 valence electrons. The van der Waals surface area contributed by atoms with E-state index < -0.39 is 0 Å². The fourth-order valence-electron chi connectivity index (χ4n) is 0.266. The summed E-state index contributed by atoms with van der Waals surface area (Å²) in [7, 11) is 1.74. The van der Waals surface area contributed by atoms with Gasteiger partial charge in [0.1, 0.15) is 0 Å². The molecule has 0 heterocycles. The van der Waals surface area contributed by atoms with E-state index in [2.05, 4.69) is 5.22 Å². The van der Waals surface area contributed by atoms with Crippen LogP contribution in [-0.2, 0) is 0 Å². The lowest BCUT2D eigenvalue weighted by molar-refractivity contribution is 0.402. The van der Waals surface area contributed by atoms with Crippen LogP contribution in [0.15, 0.2) is 17.0 Å². The van der Waals surface area contributed by atoms with Gasteiger partial charge in [-0.05, 0) is 13.8 Å². The molecular weight excluding hydrogens is 102 g/mol. The van der Waals surface area contributed by atoms with Crippen molar-refractivity contribution in [1.29, 1.82) is 5.53 Å². The summed E-state index contributed by atoms with van der Waals surface area (Å²) in [6, 6.07) is 0. The van der Waals surface area contributed by atoms with Gasteiger partial charge in [-0.25, -0.2) is 0 Å². The second-order valence-electron chi connectivity index (χ2n) is 1.55. The Morgan fingerprint density at radius 1 is 1.75 bits per heavy atom. The van der Waals surface area contributed by atoms with Gasteiger partial charge in [-0.3, -0.25) is 5.01 Å². The third-order valence-electron chi connectivity index (χ3n) is 1.08. The summed E-state index contributed by atoms with van der Waals surface area (Å²) in [5.41, 5.74) is 7.54. The van der Waals surface area contributed by atoms with Gasteiger partial charge in [-0.2, -0.15) is 5.53 Å². The Kier molecular flexibility index (Phi) is 2.84. The van der Waals surface area contributed by atoms with Gasteiger partial charge in [0.15, 0.2) is 0 Å².